The molecule has 2 aliphatic rings. The summed E-state index contributed by atoms with van der Waals surface area (Å²) in [4.78, 5) is 4.47. The molecule has 0 amide bonds. The molecule has 6 heteroatoms. The molecule has 0 spiro atoms. The lowest BCUT2D eigenvalue weighted by Crippen LogP contribution is -2.41. The Morgan fingerprint density at radius 2 is 1.96 bits per heavy atom. The van der Waals surface area contributed by atoms with Crippen LogP contribution in [0.1, 0.15) is 63.4 Å². The number of pyridine rings is 1. The first-order valence-corrected chi connectivity index (χ1v) is 13.3. The van der Waals surface area contributed by atoms with E-state index in [0.717, 1.165) is 30.0 Å². The van der Waals surface area contributed by atoms with E-state index in [2.05, 4.69) is 49.7 Å². The monoisotopic (exact) mass is 401 g/mol. The van der Waals surface area contributed by atoms with Crippen molar-refractivity contribution in [1.82, 2.24) is 14.8 Å². The van der Waals surface area contributed by atoms with E-state index in [1.807, 2.05) is 0 Å². The molecule has 4 rings (SSSR count). The summed E-state index contributed by atoms with van der Waals surface area (Å²) in [6.07, 6.45) is 5.62. The second kappa shape index (κ2) is 6.77. The molecular weight excluding hydrogens is 369 g/mol. The van der Waals surface area contributed by atoms with E-state index in [0.29, 0.717) is 23.6 Å². The number of rotatable bonds is 6. The molecule has 4 nitrogen and oxygen atoms in total. The van der Waals surface area contributed by atoms with E-state index in [9.17, 15) is 4.39 Å². The lowest BCUT2D eigenvalue weighted by molar-refractivity contribution is 0.264. The Hall–Kier alpha value is -1.53. The Kier molecular flexibility index (Phi) is 4.78. The van der Waals surface area contributed by atoms with Crippen LogP contribution in [0.25, 0.3) is 11.3 Å². The van der Waals surface area contributed by atoms with Crippen LogP contribution >= 0.6 is 0 Å². The first-order valence-electron chi connectivity index (χ1n) is 10.4. The number of aryl methyl sites for hydroxylation is 1. The molecule has 0 N–H and O–H groups in total. The lowest BCUT2D eigenvalue weighted by Gasteiger charge is -2.36. The molecule has 2 aromatic rings. The van der Waals surface area contributed by atoms with Gasteiger partial charge in [-0.2, -0.15) is 5.10 Å². The lowest BCUT2D eigenvalue weighted by atomic mass is 10.1. The number of halogens is 1. The Labute approximate surface area is 168 Å². The Balaban J connectivity index is 1.50. The maximum atomic E-state index is 13.7. The zero-order valence-corrected chi connectivity index (χ0v) is 18.9. The van der Waals surface area contributed by atoms with Crippen LogP contribution in [0.2, 0.25) is 18.1 Å². The van der Waals surface area contributed by atoms with Gasteiger partial charge in [-0.3, -0.25) is 4.68 Å². The minimum absolute atomic E-state index is 0.238. The predicted molar refractivity (Wildman–Crippen MR) is 112 cm³/mol. The number of hydrogen-bond acceptors (Lipinski definition) is 3. The fourth-order valence-corrected chi connectivity index (χ4v) is 4.46. The maximum absolute atomic E-state index is 13.7. The van der Waals surface area contributed by atoms with Gasteiger partial charge in [0.05, 0.1) is 23.1 Å². The fourth-order valence-electron chi connectivity index (χ4n) is 3.39. The van der Waals surface area contributed by atoms with E-state index >= 15 is 0 Å². The first-order chi connectivity index (χ1) is 13.1. The molecule has 0 unspecified atom stereocenters. The zero-order valence-electron chi connectivity index (χ0n) is 17.9. The molecule has 28 heavy (non-hydrogen) atoms. The topological polar surface area (TPSA) is 39.9 Å². The molecule has 2 aliphatic carbocycles. The number of hydrogen-bond donors (Lipinski definition) is 0. The molecule has 0 aromatic carbocycles. The molecule has 2 aromatic heterocycles. The Morgan fingerprint density at radius 3 is 2.57 bits per heavy atom. The van der Waals surface area contributed by atoms with Gasteiger partial charge in [0, 0.05) is 30.2 Å². The van der Waals surface area contributed by atoms with Crippen LogP contribution in [0.3, 0.4) is 0 Å². The van der Waals surface area contributed by atoms with Crippen LogP contribution in [-0.2, 0) is 4.43 Å². The highest BCUT2D eigenvalue weighted by molar-refractivity contribution is 6.74. The molecular formula is C22H32FN3OSi. The second-order valence-electron chi connectivity index (χ2n) is 10.1. The highest BCUT2D eigenvalue weighted by Crippen LogP contribution is 2.48. The number of nitrogens with zero attached hydrogens (tertiary/aromatic N) is 3. The third-order valence-electron chi connectivity index (χ3n) is 6.71. The molecule has 0 bridgehead atoms. The van der Waals surface area contributed by atoms with Crippen molar-refractivity contribution in [1.29, 1.82) is 0 Å². The predicted octanol–water partition coefficient (Wildman–Crippen LogP) is 5.85. The molecule has 0 aliphatic heterocycles. The van der Waals surface area contributed by atoms with E-state index in [1.165, 1.54) is 18.9 Å². The van der Waals surface area contributed by atoms with E-state index in [4.69, 9.17) is 9.52 Å². The van der Waals surface area contributed by atoms with E-state index < -0.39 is 8.32 Å². The summed E-state index contributed by atoms with van der Waals surface area (Å²) >= 11 is 0. The van der Waals surface area contributed by atoms with Gasteiger partial charge in [0.1, 0.15) is 5.82 Å². The van der Waals surface area contributed by atoms with Crippen molar-refractivity contribution in [3.8, 4) is 11.3 Å². The van der Waals surface area contributed by atoms with Gasteiger partial charge in [-0.15, -0.1) is 0 Å². The molecule has 2 fully saturated rings. The van der Waals surface area contributed by atoms with Crippen LogP contribution in [0.15, 0.2) is 18.3 Å². The molecule has 2 atom stereocenters. The van der Waals surface area contributed by atoms with Gasteiger partial charge in [0.15, 0.2) is 8.32 Å². The van der Waals surface area contributed by atoms with Crippen molar-refractivity contribution < 1.29 is 8.82 Å². The minimum Gasteiger partial charge on any atom is -0.416 e. The molecule has 2 saturated carbocycles. The smallest absolute Gasteiger partial charge is 0.191 e. The summed E-state index contributed by atoms with van der Waals surface area (Å²) in [6.45, 7) is 14.0. The minimum atomic E-state index is -1.71. The Morgan fingerprint density at radius 1 is 1.25 bits per heavy atom. The first kappa shape index (κ1) is 19.8. The highest BCUT2D eigenvalue weighted by Gasteiger charge is 2.44. The zero-order chi connectivity index (χ0) is 20.3. The van der Waals surface area contributed by atoms with Crippen molar-refractivity contribution in [2.24, 2.45) is 5.92 Å². The van der Waals surface area contributed by atoms with Gasteiger partial charge >= 0.3 is 0 Å². The van der Waals surface area contributed by atoms with Gasteiger partial charge in [-0.1, -0.05) is 20.8 Å². The summed E-state index contributed by atoms with van der Waals surface area (Å²) in [5.74, 6) is 0.815. The van der Waals surface area contributed by atoms with Crippen LogP contribution < -0.4 is 0 Å². The Bertz CT molecular complexity index is 882. The molecule has 152 valence electrons. The third kappa shape index (κ3) is 3.81. The fraction of sp³-hybridized carbons (Fsp3) is 0.636. The summed E-state index contributed by atoms with van der Waals surface area (Å²) in [5.41, 5.74) is 3.48. The molecule has 0 saturated heterocycles. The van der Waals surface area contributed by atoms with Crippen LogP contribution in [0.5, 0.6) is 0 Å². The normalized spacial score (nSPS) is 22.5. The van der Waals surface area contributed by atoms with Crippen molar-refractivity contribution in [2.75, 3.05) is 6.61 Å². The van der Waals surface area contributed by atoms with Gasteiger partial charge in [-0.05, 0) is 56.5 Å². The van der Waals surface area contributed by atoms with Crippen molar-refractivity contribution in [2.45, 2.75) is 77.0 Å². The largest absolute Gasteiger partial charge is 0.416 e. The second-order valence-corrected chi connectivity index (χ2v) is 14.9. The third-order valence-corrected chi connectivity index (χ3v) is 11.2. The summed E-state index contributed by atoms with van der Waals surface area (Å²) in [7, 11) is -1.71. The van der Waals surface area contributed by atoms with Crippen molar-refractivity contribution in [3.63, 3.8) is 0 Å². The van der Waals surface area contributed by atoms with Crippen molar-refractivity contribution in [3.05, 3.63) is 35.5 Å². The van der Waals surface area contributed by atoms with Crippen LogP contribution in [0, 0.1) is 18.7 Å². The highest BCUT2D eigenvalue weighted by atomic mass is 28.4. The summed E-state index contributed by atoms with van der Waals surface area (Å²) in [5, 5.41) is 5.18. The molecule has 0 radical (unpaired) electrons. The number of aromatic nitrogens is 3. The van der Waals surface area contributed by atoms with Gasteiger partial charge < -0.3 is 4.43 Å². The average Bonchev–Trinajstić information content (AvgIpc) is 3.53. The summed E-state index contributed by atoms with van der Waals surface area (Å²) < 4.78 is 22.2. The summed E-state index contributed by atoms with van der Waals surface area (Å²) in [6, 6.07) is 3.71. The van der Waals surface area contributed by atoms with Crippen LogP contribution in [-0.4, -0.2) is 29.7 Å². The van der Waals surface area contributed by atoms with E-state index in [1.54, 1.807) is 13.0 Å². The quantitative estimate of drug-likeness (QED) is 0.570. The van der Waals surface area contributed by atoms with Gasteiger partial charge in [-0.25, -0.2) is 9.37 Å². The van der Waals surface area contributed by atoms with Gasteiger partial charge in [0.2, 0.25) is 0 Å². The average molecular weight is 402 g/mol. The standard InChI is InChI=1S/C22H32FN3OSi/c1-14-18(23)9-10-19(24-14)17-12-26(25-21(17)15-7-8-15)20-11-16(20)13-27-28(5,6)22(2,3)4/h9-10,12,15-16,20H,7-8,11,13H2,1-6H3/t16-,20+/m0/s1. The van der Waals surface area contributed by atoms with Gasteiger partial charge in [0.25, 0.3) is 0 Å². The SMILES string of the molecule is Cc1nc(-c2cn([C@@H]3C[C@H]3CO[Si](C)(C)C(C)(C)C)nc2C2CC2)ccc1F. The maximum Gasteiger partial charge on any atom is 0.191 e. The molecule has 2 heterocycles. The van der Waals surface area contributed by atoms with E-state index in [-0.39, 0.29) is 10.9 Å². The van der Waals surface area contributed by atoms with Crippen LogP contribution in [0.4, 0.5) is 4.39 Å². The van der Waals surface area contributed by atoms with Crippen molar-refractivity contribution >= 4 is 8.32 Å².